The standard InChI is InChI=1S/C12H12N2O3/c1-7-5-10(12-13-8(2)17-14-12)4-3-9(7)6-11(15)16/h3-5H,6H2,1-2H3,(H,15,16). The molecule has 2 aromatic rings. The van der Waals surface area contributed by atoms with Crippen LogP contribution in [-0.4, -0.2) is 21.2 Å². The average molecular weight is 232 g/mol. The summed E-state index contributed by atoms with van der Waals surface area (Å²) in [6.45, 7) is 3.59. The van der Waals surface area contributed by atoms with Crippen LogP contribution in [0.3, 0.4) is 0 Å². The summed E-state index contributed by atoms with van der Waals surface area (Å²) >= 11 is 0. The van der Waals surface area contributed by atoms with Crippen LogP contribution in [0.15, 0.2) is 22.7 Å². The van der Waals surface area contributed by atoms with Gasteiger partial charge in [0, 0.05) is 12.5 Å². The molecule has 0 aliphatic heterocycles. The summed E-state index contributed by atoms with van der Waals surface area (Å²) in [5.41, 5.74) is 2.53. The molecule has 1 heterocycles. The predicted octanol–water partition coefficient (Wildman–Crippen LogP) is 1.98. The van der Waals surface area contributed by atoms with E-state index >= 15 is 0 Å². The first kappa shape index (κ1) is 11.3. The Balaban J connectivity index is 2.33. The smallest absolute Gasteiger partial charge is 0.307 e. The van der Waals surface area contributed by atoms with Gasteiger partial charge in [-0.2, -0.15) is 4.98 Å². The molecule has 0 amide bonds. The highest BCUT2D eigenvalue weighted by atomic mass is 16.5. The maximum atomic E-state index is 10.6. The first-order chi connectivity index (χ1) is 8.06. The molecule has 1 N–H and O–H groups in total. The third-order valence-corrected chi connectivity index (χ3v) is 2.47. The Morgan fingerprint density at radius 3 is 2.71 bits per heavy atom. The number of aliphatic carboxylic acids is 1. The quantitative estimate of drug-likeness (QED) is 0.875. The fourth-order valence-electron chi connectivity index (χ4n) is 1.61. The predicted molar refractivity (Wildman–Crippen MR) is 60.5 cm³/mol. The lowest BCUT2D eigenvalue weighted by Gasteiger charge is -2.04. The second kappa shape index (κ2) is 4.37. The first-order valence-corrected chi connectivity index (χ1v) is 5.18. The number of nitrogens with zero attached hydrogens (tertiary/aromatic N) is 2. The van der Waals surface area contributed by atoms with Gasteiger partial charge in [-0.15, -0.1) is 0 Å². The molecule has 0 bridgehead atoms. The SMILES string of the molecule is Cc1nc(-c2ccc(CC(=O)O)c(C)c2)no1. The van der Waals surface area contributed by atoms with Crippen molar-refractivity contribution in [3.8, 4) is 11.4 Å². The lowest BCUT2D eigenvalue weighted by atomic mass is 10.0. The number of hydrogen-bond acceptors (Lipinski definition) is 4. The topological polar surface area (TPSA) is 76.2 Å². The van der Waals surface area contributed by atoms with Gasteiger partial charge >= 0.3 is 5.97 Å². The van der Waals surface area contributed by atoms with Crippen LogP contribution < -0.4 is 0 Å². The van der Waals surface area contributed by atoms with Crippen molar-refractivity contribution in [1.29, 1.82) is 0 Å². The van der Waals surface area contributed by atoms with Crippen LogP contribution in [0.2, 0.25) is 0 Å². The van der Waals surface area contributed by atoms with E-state index in [0.29, 0.717) is 11.7 Å². The summed E-state index contributed by atoms with van der Waals surface area (Å²) in [5.74, 6) is 0.191. The maximum absolute atomic E-state index is 10.6. The number of rotatable bonds is 3. The molecule has 1 aromatic heterocycles. The van der Waals surface area contributed by atoms with Crippen molar-refractivity contribution in [2.24, 2.45) is 0 Å². The second-order valence-corrected chi connectivity index (χ2v) is 3.85. The zero-order valence-corrected chi connectivity index (χ0v) is 9.60. The highest BCUT2D eigenvalue weighted by Crippen LogP contribution is 2.20. The lowest BCUT2D eigenvalue weighted by molar-refractivity contribution is -0.136. The minimum absolute atomic E-state index is 0.0252. The first-order valence-electron chi connectivity index (χ1n) is 5.18. The minimum atomic E-state index is -0.837. The molecule has 5 nitrogen and oxygen atoms in total. The van der Waals surface area contributed by atoms with Crippen LogP contribution in [-0.2, 0) is 11.2 Å². The largest absolute Gasteiger partial charge is 0.481 e. The Hall–Kier alpha value is -2.17. The van der Waals surface area contributed by atoms with Crippen molar-refractivity contribution in [2.75, 3.05) is 0 Å². The Kier molecular flexibility index (Phi) is 2.91. The van der Waals surface area contributed by atoms with Gasteiger partial charge in [-0.25, -0.2) is 0 Å². The second-order valence-electron chi connectivity index (χ2n) is 3.85. The van der Waals surface area contributed by atoms with Gasteiger partial charge in [-0.1, -0.05) is 17.3 Å². The third-order valence-electron chi connectivity index (χ3n) is 2.47. The van der Waals surface area contributed by atoms with Crippen LogP contribution in [0.4, 0.5) is 0 Å². The number of carbonyl (C=O) groups is 1. The summed E-state index contributed by atoms with van der Waals surface area (Å²) in [4.78, 5) is 14.8. The highest BCUT2D eigenvalue weighted by Gasteiger charge is 2.09. The number of carboxylic acids is 1. The monoisotopic (exact) mass is 232 g/mol. The molecule has 17 heavy (non-hydrogen) atoms. The van der Waals surface area contributed by atoms with Gasteiger partial charge in [0.05, 0.1) is 6.42 Å². The van der Waals surface area contributed by atoms with Crippen LogP contribution in [0.5, 0.6) is 0 Å². The van der Waals surface area contributed by atoms with E-state index in [1.54, 1.807) is 19.1 Å². The Labute approximate surface area is 98.1 Å². The molecule has 0 unspecified atom stereocenters. The molecule has 0 saturated heterocycles. The normalized spacial score (nSPS) is 10.5. The number of carboxylic acid groups (broad SMARTS) is 1. The molecule has 0 aliphatic carbocycles. The molecule has 0 atom stereocenters. The molecule has 5 heteroatoms. The Bertz CT molecular complexity index is 561. The van der Waals surface area contributed by atoms with Gasteiger partial charge < -0.3 is 9.63 Å². The molecule has 2 rings (SSSR count). The van der Waals surface area contributed by atoms with Crippen LogP contribution >= 0.6 is 0 Å². The summed E-state index contributed by atoms with van der Waals surface area (Å²) < 4.78 is 4.90. The highest BCUT2D eigenvalue weighted by molar-refractivity contribution is 5.71. The zero-order valence-electron chi connectivity index (χ0n) is 9.60. The summed E-state index contributed by atoms with van der Waals surface area (Å²) in [7, 11) is 0. The lowest BCUT2D eigenvalue weighted by Crippen LogP contribution is -2.02. The van der Waals surface area contributed by atoms with Gasteiger partial charge in [-0.05, 0) is 24.1 Å². The number of aryl methyl sites for hydroxylation is 2. The van der Waals surface area contributed by atoms with Crippen molar-refractivity contribution >= 4 is 5.97 Å². The van der Waals surface area contributed by atoms with Crippen molar-refractivity contribution in [3.63, 3.8) is 0 Å². The third kappa shape index (κ3) is 2.50. The van der Waals surface area contributed by atoms with E-state index in [4.69, 9.17) is 9.63 Å². The molecule has 0 radical (unpaired) electrons. The van der Waals surface area contributed by atoms with Crippen LogP contribution in [0.25, 0.3) is 11.4 Å². The van der Waals surface area contributed by atoms with E-state index in [0.717, 1.165) is 16.7 Å². The van der Waals surface area contributed by atoms with E-state index in [1.807, 2.05) is 13.0 Å². The van der Waals surface area contributed by atoms with E-state index in [2.05, 4.69) is 10.1 Å². The van der Waals surface area contributed by atoms with E-state index in [1.165, 1.54) is 0 Å². The van der Waals surface area contributed by atoms with Gasteiger partial charge in [0.1, 0.15) is 0 Å². The molecule has 0 aliphatic rings. The number of hydrogen-bond donors (Lipinski definition) is 1. The molecule has 1 aromatic carbocycles. The Morgan fingerprint density at radius 1 is 1.41 bits per heavy atom. The van der Waals surface area contributed by atoms with E-state index in [-0.39, 0.29) is 6.42 Å². The average Bonchev–Trinajstić information content (AvgIpc) is 2.67. The summed E-state index contributed by atoms with van der Waals surface area (Å²) in [6.07, 6.45) is 0.0252. The fourth-order valence-corrected chi connectivity index (χ4v) is 1.61. The van der Waals surface area contributed by atoms with Crippen molar-refractivity contribution in [3.05, 3.63) is 35.2 Å². The van der Waals surface area contributed by atoms with Crippen molar-refractivity contribution in [2.45, 2.75) is 20.3 Å². The maximum Gasteiger partial charge on any atom is 0.307 e. The van der Waals surface area contributed by atoms with Gasteiger partial charge in [0.2, 0.25) is 11.7 Å². The number of benzene rings is 1. The molecule has 0 saturated carbocycles. The van der Waals surface area contributed by atoms with Crippen molar-refractivity contribution in [1.82, 2.24) is 10.1 Å². The van der Waals surface area contributed by atoms with Gasteiger partial charge in [0.15, 0.2) is 0 Å². The molecular weight excluding hydrogens is 220 g/mol. The minimum Gasteiger partial charge on any atom is -0.481 e. The molecule has 0 fully saturated rings. The molecule has 88 valence electrons. The van der Waals surface area contributed by atoms with E-state index < -0.39 is 5.97 Å². The fraction of sp³-hybridized carbons (Fsp3) is 0.250. The van der Waals surface area contributed by atoms with Crippen LogP contribution in [0.1, 0.15) is 17.0 Å². The molecular formula is C12H12N2O3. The zero-order chi connectivity index (χ0) is 12.4. The summed E-state index contributed by atoms with van der Waals surface area (Å²) in [5, 5.41) is 12.6. The van der Waals surface area contributed by atoms with Gasteiger partial charge in [0.25, 0.3) is 0 Å². The van der Waals surface area contributed by atoms with Crippen molar-refractivity contribution < 1.29 is 14.4 Å². The van der Waals surface area contributed by atoms with Crippen LogP contribution in [0, 0.1) is 13.8 Å². The van der Waals surface area contributed by atoms with E-state index in [9.17, 15) is 4.79 Å². The Morgan fingerprint density at radius 2 is 2.18 bits per heavy atom. The van der Waals surface area contributed by atoms with Gasteiger partial charge in [-0.3, -0.25) is 4.79 Å². The number of aromatic nitrogens is 2. The molecule has 0 spiro atoms. The summed E-state index contributed by atoms with van der Waals surface area (Å²) in [6, 6.07) is 5.45.